The first-order valence-corrected chi connectivity index (χ1v) is 5.21. The molecule has 1 amide bonds. The zero-order valence-corrected chi connectivity index (χ0v) is 9.40. The van der Waals surface area contributed by atoms with E-state index < -0.39 is 5.76 Å². The van der Waals surface area contributed by atoms with Crippen molar-refractivity contribution in [2.24, 2.45) is 12.8 Å². The Kier molecular flexibility index (Phi) is 2.97. The maximum absolute atomic E-state index is 11.4. The lowest BCUT2D eigenvalue weighted by Gasteiger charge is -2.03. The Bertz CT molecular complexity index is 612. The predicted octanol–water partition coefficient (Wildman–Crippen LogP) is 0.419. The minimum Gasteiger partial charge on any atom is -0.408 e. The van der Waals surface area contributed by atoms with Gasteiger partial charge in [0.15, 0.2) is 5.58 Å². The van der Waals surface area contributed by atoms with Gasteiger partial charge in [0.25, 0.3) is 0 Å². The molecule has 0 aliphatic heterocycles. The van der Waals surface area contributed by atoms with E-state index in [-0.39, 0.29) is 12.3 Å². The highest BCUT2D eigenvalue weighted by Gasteiger charge is 2.07. The second-order valence-electron chi connectivity index (χ2n) is 3.70. The molecular formula is C11H13N3O3. The van der Waals surface area contributed by atoms with Crippen molar-refractivity contribution in [2.75, 3.05) is 11.9 Å². The Balaban J connectivity index is 2.34. The van der Waals surface area contributed by atoms with E-state index >= 15 is 0 Å². The van der Waals surface area contributed by atoms with Crippen molar-refractivity contribution < 1.29 is 9.21 Å². The van der Waals surface area contributed by atoms with E-state index in [9.17, 15) is 9.59 Å². The number of nitrogens with one attached hydrogen (secondary N) is 1. The van der Waals surface area contributed by atoms with Crippen LogP contribution in [0.5, 0.6) is 0 Å². The molecule has 0 unspecified atom stereocenters. The Hall–Kier alpha value is -2.08. The first-order valence-electron chi connectivity index (χ1n) is 5.21. The highest BCUT2D eigenvalue weighted by Crippen LogP contribution is 2.17. The summed E-state index contributed by atoms with van der Waals surface area (Å²) in [5, 5.41) is 2.70. The van der Waals surface area contributed by atoms with Crippen molar-refractivity contribution in [2.45, 2.75) is 6.42 Å². The van der Waals surface area contributed by atoms with Crippen molar-refractivity contribution >= 4 is 22.7 Å². The molecule has 2 aromatic rings. The van der Waals surface area contributed by atoms with E-state index in [0.717, 1.165) is 0 Å². The molecule has 1 heterocycles. The number of hydrogen-bond acceptors (Lipinski definition) is 4. The fraction of sp³-hybridized carbons (Fsp3) is 0.273. The van der Waals surface area contributed by atoms with E-state index in [1.165, 1.54) is 4.57 Å². The van der Waals surface area contributed by atoms with E-state index in [1.807, 2.05) is 0 Å². The van der Waals surface area contributed by atoms with Gasteiger partial charge in [-0.15, -0.1) is 0 Å². The van der Waals surface area contributed by atoms with E-state index in [2.05, 4.69) is 5.32 Å². The van der Waals surface area contributed by atoms with Crippen LogP contribution < -0.4 is 16.8 Å². The van der Waals surface area contributed by atoms with Gasteiger partial charge in [-0.2, -0.15) is 0 Å². The van der Waals surface area contributed by atoms with Crippen molar-refractivity contribution in [1.82, 2.24) is 4.57 Å². The van der Waals surface area contributed by atoms with Crippen LogP contribution >= 0.6 is 0 Å². The molecule has 3 N–H and O–H groups in total. The summed E-state index contributed by atoms with van der Waals surface area (Å²) in [6.45, 7) is 0.304. The van der Waals surface area contributed by atoms with Gasteiger partial charge in [-0.05, 0) is 18.2 Å². The van der Waals surface area contributed by atoms with Crippen LogP contribution in [0.15, 0.2) is 27.4 Å². The number of fused-ring (bicyclic) bond motifs is 1. The highest BCUT2D eigenvalue weighted by molar-refractivity contribution is 5.92. The van der Waals surface area contributed by atoms with Gasteiger partial charge in [0.2, 0.25) is 5.91 Å². The van der Waals surface area contributed by atoms with Gasteiger partial charge in [-0.1, -0.05) is 0 Å². The molecule has 0 atom stereocenters. The van der Waals surface area contributed by atoms with Crippen molar-refractivity contribution in [3.8, 4) is 0 Å². The molecule has 0 aliphatic carbocycles. The van der Waals surface area contributed by atoms with Crippen LogP contribution in [-0.2, 0) is 11.8 Å². The second-order valence-corrected chi connectivity index (χ2v) is 3.70. The molecule has 0 radical (unpaired) electrons. The molecule has 0 aliphatic rings. The monoisotopic (exact) mass is 235 g/mol. The Morgan fingerprint density at radius 1 is 1.53 bits per heavy atom. The number of anilines is 1. The van der Waals surface area contributed by atoms with Crippen LogP contribution in [0.1, 0.15) is 6.42 Å². The van der Waals surface area contributed by atoms with Gasteiger partial charge in [-0.25, -0.2) is 4.79 Å². The lowest BCUT2D eigenvalue weighted by Crippen LogP contribution is -2.16. The molecule has 6 heteroatoms. The van der Waals surface area contributed by atoms with Crippen LogP contribution in [0.2, 0.25) is 0 Å². The van der Waals surface area contributed by atoms with Crippen LogP contribution in [-0.4, -0.2) is 17.0 Å². The fourth-order valence-electron chi connectivity index (χ4n) is 1.56. The zero-order valence-electron chi connectivity index (χ0n) is 9.40. The Morgan fingerprint density at radius 3 is 3.00 bits per heavy atom. The summed E-state index contributed by atoms with van der Waals surface area (Å²) in [5.74, 6) is -0.578. The van der Waals surface area contributed by atoms with Crippen LogP contribution in [0.3, 0.4) is 0 Å². The molecule has 0 saturated carbocycles. The summed E-state index contributed by atoms with van der Waals surface area (Å²) in [4.78, 5) is 22.6. The quantitative estimate of drug-likeness (QED) is 0.806. The first-order chi connectivity index (χ1) is 8.11. The normalized spacial score (nSPS) is 10.7. The number of carbonyl (C=O) groups excluding carboxylic acids is 1. The number of hydrogen-bond donors (Lipinski definition) is 2. The maximum Gasteiger partial charge on any atom is 0.419 e. The van der Waals surface area contributed by atoms with Crippen molar-refractivity contribution in [3.63, 3.8) is 0 Å². The molecule has 1 aromatic carbocycles. The number of rotatable bonds is 3. The van der Waals surface area contributed by atoms with Crippen LogP contribution in [0.25, 0.3) is 11.1 Å². The number of benzene rings is 1. The van der Waals surface area contributed by atoms with Gasteiger partial charge in [0.05, 0.1) is 5.52 Å². The van der Waals surface area contributed by atoms with E-state index in [4.69, 9.17) is 10.2 Å². The largest absolute Gasteiger partial charge is 0.419 e. The molecular weight excluding hydrogens is 222 g/mol. The Morgan fingerprint density at radius 2 is 2.29 bits per heavy atom. The first kappa shape index (κ1) is 11.4. The smallest absolute Gasteiger partial charge is 0.408 e. The number of aromatic nitrogens is 1. The molecule has 0 saturated heterocycles. The topological polar surface area (TPSA) is 90.3 Å². The fourth-order valence-corrected chi connectivity index (χ4v) is 1.56. The predicted molar refractivity (Wildman–Crippen MR) is 63.8 cm³/mol. The highest BCUT2D eigenvalue weighted by atomic mass is 16.4. The number of carbonyl (C=O) groups is 1. The lowest BCUT2D eigenvalue weighted by atomic mass is 10.2. The summed E-state index contributed by atoms with van der Waals surface area (Å²) >= 11 is 0. The number of oxazole rings is 1. The lowest BCUT2D eigenvalue weighted by molar-refractivity contribution is -0.116. The minimum atomic E-state index is -0.426. The number of aryl methyl sites for hydroxylation is 1. The molecule has 0 spiro atoms. The second kappa shape index (κ2) is 4.42. The summed E-state index contributed by atoms with van der Waals surface area (Å²) < 4.78 is 6.36. The van der Waals surface area contributed by atoms with E-state index in [1.54, 1.807) is 25.2 Å². The third kappa shape index (κ3) is 2.21. The van der Waals surface area contributed by atoms with Gasteiger partial charge >= 0.3 is 5.76 Å². The summed E-state index contributed by atoms with van der Waals surface area (Å²) in [6.07, 6.45) is 0.266. The average molecular weight is 235 g/mol. The average Bonchev–Trinajstić information content (AvgIpc) is 2.56. The third-order valence-electron chi connectivity index (χ3n) is 2.45. The summed E-state index contributed by atoms with van der Waals surface area (Å²) in [6, 6.07) is 5.02. The molecule has 0 fully saturated rings. The molecule has 90 valence electrons. The molecule has 2 rings (SSSR count). The third-order valence-corrected chi connectivity index (χ3v) is 2.45. The van der Waals surface area contributed by atoms with Gasteiger partial charge in [0.1, 0.15) is 0 Å². The Labute approximate surface area is 97.0 Å². The zero-order chi connectivity index (χ0) is 12.4. The molecule has 1 aromatic heterocycles. The maximum atomic E-state index is 11.4. The molecule has 6 nitrogen and oxygen atoms in total. The van der Waals surface area contributed by atoms with Gasteiger partial charge < -0.3 is 15.5 Å². The molecule has 17 heavy (non-hydrogen) atoms. The standard InChI is InChI=1S/C11H13N3O3/c1-14-8-6-7(13-10(15)4-5-12)2-3-9(8)17-11(14)16/h2-3,6H,4-5,12H2,1H3,(H,13,15). The number of nitrogens with two attached hydrogens (primary N) is 1. The van der Waals surface area contributed by atoms with Crippen LogP contribution in [0.4, 0.5) is 5.69 Å². The van der Waals surface area contributed by atoms with Gasteiger partial charge in [0, 0.05) is 25.7 Å². The number of nitrogens with zero attached hydrogens (tertiary/aromatic N) is 1. The van der Waals surface area contributed by atoms with Crippen molar-refractivity contribution in [1.29, 1.82) is 0 Å². The molecule has 0 bridgehead atoms. The van der Waals surface area contributed by atoms with Gasteiger partial charge in [-0.3, -0.25) is 9.36 Å². The minimum absolute atomic E-state index is 0.152. The SMILES string of the molecule is Cn1c(=O)oc2ccc(NC(=O)CCN)cc21. The van der Waals surface area contributed by atoms with E-state index in [0.29, 0.717) is 23.3 Å². The van der Waals surface area contributed by atoms with Crippen LogP contribution in [0, 0.1) is 0 Å². The van der Waals surface area contributed by atoms with Crippen molar-refractivity contribution in [3.05, 3.63) is 28.7 Å². The summed E-state index contributed by atoms with van der Waals surface area (Å²) in [7, 11) is 1.61. The summed E-state index contributed by atoms with van der Waals surface area (Å²) in [5.41, 5.74) is 7.03. The number of amides is 1.